The summed E-state index contributed by atoms with van der Waals surface area (Å²) >= 11 is 0. The van der Waals surface area contributed by atoms with Gasteiger partial charge in [-0.25, -0.2) is 0 Å². The molecule has 1 aliphatic rings. The van der Waals surface area contributed by atoms with Crippen LogP contribution in [0.25, 0.3) is 0 Å². The van der Waals surface area contributed by atoms with Crippen molar-refractivity contribution in [2.45, 2.75) is 13.0 Å². The maximum absolute atomic E-state index is 11.8. The van der Waals surface area contributed by atoms with E-state index in [1.807, 2.05) is 24.3 Å². The number of hydrogen-bond donors (Lipinski definition) is 2. The van der Waals surface area contributed by atoms with Crippen molar-refractivity contribution in [1.29, 1.82) is 0 Å². The first kappa shape index (κ1) is 14.8. The first-order chi connectivity index (χ1) is 8.29. The highest BCUT2D eigenvalue weighted by molar-refractivity contribution is 5.85. The van der Waals surface area contributed by atoms with Crippen LogP contribution in [0, 0.1) is 5.92 Å². The topological polar surface area (TPSA) is 50.4 Å². The predicted octanol–water partition coefficient (Wildman–Crippen LogP) is 1.34. The van der Waals surface area contributed by atoms with Gasteiger partial charge in [-0.15, -0.1) is 12.4 Å². The third kappa shape index (κ3) is 3.89. The Balaban J connectivity index is 0.00000162. The molecular formula is C13H19ClN2O2. The summed E-state index contributed by atoms with van der Waals surface area (Å²) in [5.74, 6) is 1.08. The standard InChI is InChI=1S/C13H18N2O2.ClH/c1-17-12-4-2-3-10(7-12)8-15-13(16)11-5-6-14-9-11;/h2-4,7,11,14H,5-6,8-9H2,1H3,(H,15,16);1H. The average Bonchev–Trinajstić information content (AvgIpc) is 2.90. The summed E-state index contributed by atoms with van der Waals surface area (Å²) in [6, 6.07) is 7.74. The first-order valence-corrected chi connectivity index (χ1v) is 5.91. The maximum atomic E-state index is 11.8. The molecule has 4 nitrogen and oxygen atoms in total. The first-order valence-electron chi connectivity index (χ1n) is 5.91. The van der Waals surface area contributed by atoms with Gasteiger partial charge in [-0.05, 0) is 30.7 Å². The fourth-order valence-electron chi connectivity index (χ4n) is 1.99. The Morgan fingerprint density at radius 3 is 3.06 bits per heavy atom. The molecule has 1 saturated heterocycles. The highest BCUT2D eigenvalue weighted by atomic mass is 35.5. The SMILES string of the molecule is COc1cccc(CNC(=O)C2CCNC2)c1.Cl. The molecule has 1 amide bonds. The molecule has 0 radical (unpaired) electrons. The van der Waals surface area contributed by atoms with Crippen LogP contribution < -0.4 is 15.4 Å². The van der Waals surface area contributed by atoms with Gasteiger partial charge in [0.1, 0.15) is 5.75 Å². The zero-order valence-electron chi connectivity index (χ0n) is 10.4. The monoisotopic (exact) mass is 270 g/mol. The van der Waals surface area contributed by atoms with Gasteiger partial charge in [-0.2, -0.15) is 0 Å². The molecule has 1 heterocycles. The van der Waals surface area contributed by atoms with Crippen molar-refractivity contribution in [3.63, 3.8) is 0 Å². The van der Waals surface area contributed by atoms with Crippen LogP contribution in [0.4, 0.5) is 0 Å². The number of benzene rings is 1. The predicted molar refractivity (Wildman–Crippen MR) is 73.1 cm³/mol. The molecule has 5 heteroatoms. The molecule has 0 bridgehead atoms. The smallest absolute Gasteiger partial charge is 0.224 e. The maximum Gasteiger partial charge on any atom is 0.224 e. The summed E-state index contributed by atoms with van der Waals surface area (Å²) in [7, 11) is 1.64. The minimum absolute atomic E-state index is 0. The molecule has 0 aliphatic carbocycles. The fraction of sp³-hybridized carbons (Fsp3) is 0.462. The Morgan fingerprint density at radius 2 is 2.39 bits per heavy atom. The number of methoxy groups -OCH3 is 1. The van der Waals surface area contributed by atoms with E-state index in [0.717, 1.165) is 30.8 Å². The molecule has 1 aromatic carbocycles. The Kier molecular flexibility index (Phi) is 5.95. The molecule has 18 heavy (non-hydrogen) atoms. The van der Waals surface area contributed by atoms with E-state index in [0.29, 0.717) is 6.54 Å². The summed E-state index contributed by atoms with van der Waals surface area (Å²) in [5, 5.41) is 6.15. The van der Waals surface area contributed by atoms with E-state index >= 15 is 0 Å². The molecule has 2 rings (SSSR count). The van der Waals surface area contributed by atoms with Crippen LogP contribution in [-0.2, 0) is 11.3 Å². The normalized spacial score (nSPS) is 17.9. The molecular weight excluding hydrogens is 252 g/mol. The van der Waals surface area contributed by atoms with E-state index in [9.17, 15) is 4.79 Å². The van der Waals surface area contributed by atoms with E-state index in [-0.39, 0.29) is 24.2 Å². The lowest BCUT2D eigenvalue weighted by Crippen LogP contribution is -2.31. The average molecular weight is 271 g/mol. The van der Waals surface area contributed by atoms with Gasteiger partial charge in [-0.1, -0.05) is 12.1 Å². The van der Waals surface area contributed by atoms with Gasteiger partial charge in [0.05, 0.1) is 13.0 Å². The van der Waals surface area contributed by atoms with Crippen LogP contribution in [0.3, 0.4) is 0 Å². The van der Waals surface area contributed by atoms with E-state index < -0.39 is 0 Å². The number of amides is 1. The lowest BCUT2D eigenvalue weighted by molar-refractivity contribution is -0.124. The zero-order chi connectivity index (χ0) is 12.1. The second-order valence-electron chi connectivity index (χ2n) is 4.26. The van der Waals surface area contributed by atoms with Crippen LogP contribution in [-0.4, -0.2) is 26.1 Å². The van der Waals surface area contributed by atoms with Crippen LogP contribution in [0.1, 0.15) is 12.0 Å². The molecule has 1 atom stereocenters. The molecule has 0 spiro atoms. The van der Waals surface area contributed by atoms with E-state index in [1.165, 1.54) is 0 Å². The molecule has 0 aromatic heterocycles. The quantitative estimate of drug-likeness (QED) is 0.868. The van der Waals surface area contributed by atoms with Crippen LogP contribution in [0.5, 0.6) is 5.75 Å². The fourth-order valence-corrected chi connectivity index (χ4v) is 1.99. The second kappa shape index (κ2) is 7.24. The minimum atomic E-state index is 0. The van der Waals surface area contributed by atoms with Gasteiger partial charge in [0.25, 0.3) is 0 Å². The highest BCUT2D eigenvalue weighted by Gasteiger charge is 2.21. The molecule has 1 fully saturated rings. The van der Waals surface area contributed by atoms with Crippen LogP contribution >= 0.6 is 12.4 Å². The molecule has 1 aliphatic heterocycles. The Hall–Kier alpha value is -1.26. The molecule has 1 unspecified atom stereocenters. The van der Waals surface area contributed by atoms with Crippen molar-refractivity contribution >= 4 is 18.3 Å². The van der Waals surface area contributed by atoms with Crippen molar-refractivity contribution in [1.82, 2.24) is 10.6 Å². The van der Waals surface area contributed by atoms with Crippen LogP contribution in [0.2, 0.25) is 0 Å². The van der Waals surface area contributed by atoms with Crippen LogP contribution in [0.15, 0.2) is 24.3 Å². The zero-order valence-corrected chi connectivity index (χ0v) is 11.3. The van der Waals surface area contributed by atoms with Crippen molar-refractivity contribution in [3.05, 3.63) is 29.8 Å². The van der Waals surface area contributed by atoms with Gasteiger partial charge in [0.2, 0.25) is 5.91 Å². The lowest BCUT2D eigenvalue weighted by atomic mass is 10.1. The Bertz CT molecular complexity index is 392. The number of nitrogens with one attached hydrogen (secondary N) is 2. The number of carbonyl (C=O) groups is 1. The van der Waals surface area contributed by atoms with Gasteiger partial charge < -0.3 is 15.4 Å². The van der Waals surface area contributed by atoms with E-state index in [1.54, 1.807) is 7.11 Å². The Labute approximate surface area is 114 Å². The van der Waals surface area contributed by atoms with Crippen molar-refractivity contribution < 1.29 is 9.53 Å². The summed E-state index contributed by atoms with van der Waals surface area (Å²) in [4.78, 5) is 11.8. The summed E-state index contributed by atoms with van der Waals surface area (Å²) < 4.78 is 5.14. The van der Waals surface area contributed by atoms with Crippen molar-refractivity contribution in [2.24, 2.45) is 5.92 Å². The highest BCUT2D eigenvalue weighted by Crippen LogP contribution is 2.13. The third-order valence-corrected chi connectivity index (χ3v) is 3.03. The van der Waals surface area contributed by atoms with E-state index in [2.05, 4.69) is 10.6 Å². The Morgan fingerprint density at radius 1 is 1.56 bits per heavy atom. The molecule has 1 aromatic rings. The van der Waals surface area contributed by atoms with Crippen molar-refractivity contribution in [2.75, 3.05) is 20.2 Å². The molecule has 2 N–H and O–H groups in total. The number of halogens is 1. The van der Waals surface area contributed by atoms with Gasteiger partial charge >= 0.3 is 0 Å². The van der Waals surface area contributed by atoms with Gasteiger partial charge in [0, 0.05) is 13.1 Å². The molecule has 100 valence electrons. The number of hydrogen-bond acceptors (Lipinski definition) is 3. The summed E-state index contributed by atoms with van der Waals surface area (Å²) in [5.41, 5.74) is 1.06. The third-order valence-electron chi connectivity index (χ3n) is 3.03. The number of rotatable bonds is 4. The lowest BCUT2D eigenvalue weighted by Gasteiger charge is -2.10. The van der Waals surface area contributed by atoms with E-state index in [4.69, 9.17) is 4.74 Å². The second-order valence-corrected chi connectivity index (χ2v) is 4.26. The summed E-state index contributed by atoms with van der Waals surface area (Å²) in [6.45, 7) is 2.30. The van der Waals surface area contributed by atoms with Gasteiger partial charge in [-0.3, -0.25) is 4.79 Å². The van der Waals surface area contributed by atoms with Crippen molar-refractivity contribution in [3.8, 4) is 5.75 Å². The largest absolute Gasteiger partial charge is 0.497 e. The number of ether oxygens (including phenoxy) is 1. The number of carbonyl (C=O) groups excluding carboxylic acids is 1. The van der Waals surface area contributed by atoms with Gasteiger partial charge in [0.15, 0.2) is 0 Å². The minimum Gasteiger partial charge on any atom is -0.497 e. The molecule has 0 saturated carbocycles. The summed E-state index contributed by atoms with van der Waals surface area (Å²) in [6.07, 6.45) is 0.934.